The van der Waals surface area contributed by atoms with Gasteiger partial charge in [0.1, 0.15) is 11.5 Å². The Balaban J connectivity index is 2.43. The second-order valence-electron chi connectivity index (χ2n) is 3.79. The van der Waals surface area contributed by atoms with E-state index in [2.05, 4.69) is 15.9 Å². The molecule has 0 fully saturated rings. The van der Waals surface area contributed by atoms with Gasteiger partial charge in [-0.3, -0.25) is 0 Å². The molecule has 2 rings (SSSR count). The maximum absolute atomic E-state index is 6.18. The Morgan fingerprint density at radius 3 is 2.05 bits per heavy atom. The lowest BCUT2D eigenvalue weighted by atomic mass is 10.1. The highest BCUT2D eigenvalue weighted by Crippen LogP contribution is 2.43. The quantitative estimate of drug-likeness (QED) is 0.645. The second kappa shape index (κ2) is 6.35. The Labute approximate surface area is 134 Å². The summed E-state index contributed by atoms with van der Waals surface area (Å²) in [7, 11) is 3.24. The van der Waals surface area contributed by atoms with Gasteiger partial charge in [-0.05, 0) is 23.8 Å². The van der Waals surface area contributed by atoms with Crippen molar-refractivity contribution in [2.45, 2.75) is 4.83 Å². The van der Waals surface area contributed by atoms with Crippen LogP contribution in [0.2, 0.25) is 8.67 Å². The molecule has 0 aliphatic rings. The summed E-state index contributed by atoms with van der Waals surface area (Å²) in [4.78, 5) is -0.0623. The van der Waals surface area contributed by atoms with E-state index in [1.165, 1.54) is 11.3 Å². The molecule has 0 amide bonds. The van der Waals surface area contributed by atoms with Crippen LogP contribution in [0.15, 0.2) is 24.3 Å². The molecule has 102 valence electrons. The Bertz CT molecular complexity index is 564. The fraction of sp³-hybridized carbons (Fsp3) is 0.231. The largest absolute Gasteiger partial charge is 0.497 e. The third kappa shape index (κ3) is 3.37. The number of hydrogen-bond acceptors (Lipinski definition) is 3. The van der Waals surface area contributed by atoms with Crippen LogP contribution in [0.3, 0.4) is 0 Å². The van der Waals surface area contributed by atoms with Gasteiger partial charge in [-0.15, -0.1) is 11.3 Å². The molecule has 0 saturated carbocycles. The molecule has 1 atom stereocenters. The first-order chi connectivity index (χ1) is 9.05. The third-order valence-corrected chi connectivity index (χ3v) is 5.16. The number of thiophene rings is 1. The summed E-state index contributed by atoms with van der Waals surface area (Å²) in [5.74, 6) is 1.47. The predicted molar refractivity (Wildman–Crippen MR) is 84.7 cm³/mol. The molecule has 0 N–H and O–H groups in total. The van der Waals surface area contributed by atoms with E-state index in [-0.39, 0.29) is 4.83 Å². The van der Waals surface area contributed by atoms with Gasteiger partial charge in [0.05, 0.1) is 27.7 Å². The number of methoxy groups -OCH3 is 2. The molecule has 19 heavy (non-hydrogen) atoms. The normalized spacial score (nSPS) is 12.3. The van der Waals surface area contributed by atoms with Gasteiger partial charge >= 0.3 is 0 Å². The van der Waals surface area contributed by atoms with Crippen LogP contribution < -0.4 is 9.47 Å². The van der Waals surface area contributed by atoms with Crippen molar-refractivity contribution >= 4 is 50.5 Å². The molecular weight excluding hydrogens is 371 g/mol. The van der Waals surface area contributed by atoms with Crippen LogP contribution in [-0.2, 0) is 0 Å². The summed E-state index contributed by atoms with van der Waals surface area (Å²) in [6, 6.07) is 7.55. The van der Waals surface area contributed by atoms with E-state index in [0.717, 1.165) is 22.6 Å². The Morgan fingerprint density at radius 1 is 1.05 bits per heavy atom. The minimum atomic E-state index is -0.0623. The smallest absolute Gasteiger partial charge is 0.122 e. The number of alkyl halides is 1. The molecule has 0 radical (unpaired) electrons. The maximum atomic E-state index is 6.18. The first-order valence-corrected chi connectivity index (χ1v) is 7.85. The monoisotopic (exact) mass is 380 g/mol. The van der Waals surface area contributed by atoms with Gasteiger partial charge in [-0.2, -0.15) is 0 Å². The van der Waals surface area contributed by atoms with Crippen molar-refractivity contribution in [3.8, 4) is 11.5 Å². The first-order valence-electron chi connectivity index (χ1n) is 5.37. The van der Waals surface area contributed by atoms with Crippen LogP contribution in [0.1, 0.15) is 16.0 Å². The van der Waals surface area contributed by atoms with Gasteiger partial charge in [0, 0.05) is 11.6 Å². The van der Waals surface area contributed by atoms with Gasteiger partial charge in [0.2, 0.25) is 0 Å². The van der Waals surface area contributed by atoms with Crippen molar-refractivity contribution in [2.24, 2.45) is 0 Å². The molecule has 0 spiro atoms. The van der Waals surface area contributed by atoms with Crippen LogP contribution in [0.25, 0.3) is 0 Å². The number of rotatable bonds is 4. The number of benzene rings is 1. The summed E-state index contributed by atoms with van der Waals surface area (Å²) in [5, 5.41) is 0. The average molecular weight is 382 g/mol. The molecule has 1 aromatic heterocycles. The van der Waals surface area contributed by atoms with Gasteiger partial charge in [-0.1, -0.05) is 39.1 Å². The van der Waals surface area contributed by atoms with E-state index < -0.39 is 0 Å². The average Bonchev–Trinajstić information content (AvgIpc) is 2.76. The van der Waals surface area contributed by atoms with Gasteiger partial charge in [0.15, 0.2) is 0 Å². The highest BCUT2D eigenvalue weighted by molar-refractivity contribution is 9.09. The highest BCUT2D eigenvalue weighted by atomic mass is 79.9. The summed E-state index contributed by atoms with van der Waals surface area (Å²) < 4.78 is 11.9. The molecule has 6 heteroatoms. The standard InChI is InChI=1S/C13H11BrCl2O2S/c1-17-8-3-7(4-9(5-8)18-2)12(14)10-6-11(15)19-13(10)16/h3-6,12H,1-2H3. The maximum Gasteiger partial charge on any atom is 0.122 e. The SMILES string of the molecule is COc1cc(OC)cc(C(Br)c2cc(Cl)sc2Cl)c1. The minimum Gasteiger partial charge on any atom is -0.497 e. The predicted octanol–water partition coefficient (Wildman–Crippen LogP) is 5.56. The zero-order chi connectivity index (χ0) is 14.0. The topological polar surface area (TPSA) is 18.5 Å². The fourth-order valence-electron chi connectivity index (χ4n) is 1.68. The number of halogens is 3. The summed E-state index contributed by atoms with van der Waals surface area (Å²) in [6.45, 7) is 0. The van der Waals surface area contributed by atoms with E-state index in [4.69, 9.17) is 32.7 Å². The van der Waals surface area contributed by atoms with Crippen LogP contribution in [0.4, 0.5) is 0 Å². The molecular formula is C13H11BrCl2O2S. The highest BCUT2D eigenvalue weighted by Gasteiger charge is 2.18. The van der Waals surface area contributed by atoms with Crippen molar-refractivity contribution in [3.05, 3.63) is 44.1 Å². The van der Waals surface area contributed by atoms with Crippen molar-refractivity contribution in [3.63, 3.8) is 0 Å². The van der Waals surface area contributed by atoms with Crippen LogP contribution in [-0.4, -0.2) is 14.2 Å². The zero-order valence-corrected chi connectivity index (χ0v) is 14.2. The zero-order valence-electron chi connectivity index (χ0n) is 10.2. The lowest BCUT2D eigenvalue weighted by Gasteiger charge is -2.13. The van der Waals surface area contributed by atoms with E-state index >= 15 is 0 Å². The molecule has 1 heterocycles. The van der Waals surface area contributed by atoms with E-state index in [1.54, 1.807) is 14.2 Å². The Hall–Kier alpha value is -0.420. The molecule has 2 nitrogen and oxygen atoms in total. The molecule has 0 aliphatic heterocycles. The van der Waals surface area contributed by atoms with Crippen molar-refractivity contribution in [1.29, 1.82) is 0 Å². The first kappa shape index (κ1) is 15.0. The lowest BCUT2D eigenvalue weighted by molar-refractivity contribution is 0.393. The summed E-state index contributed by atoms with van der Waals surface area (Å²) in [6.07, 6.45) is 0. The van der Waals surface area contributed by atoms with E-state index in [0.29, 0.717) is 8.67 Å². The van der Waals surface area contributed by atoms with Crippen molar-refractivity contribution in [2.75, 3.05) is 14.2 Å². The number of ether oxygens (including phenoxy) is 2. The molecule has 0 aliphatic carbocycles. The minimum absolute atomic E-state index is 0.0623. The summed E-state index contributed by atoms with van der Waals surface area (Å²) in [5.41, 5.74) is 1.93. The molecule has 0 saturated heterocycles. The van der Waals surface area contributed by atoms with Crippen LogP contribution >= 0.6 is 50.5 Å². The second-order valence-corrected chi connectivity index (χ2v) is 6.99. The van der Waals surface area contributed by atoms with Crippen LogP contribution in [0.5, 0.6) is 11.5 Å². The van der Waals surface area contributed by atoms with Gasteiger partial charge < -0.3 is 9.47 Å². The van der Waals surface area contributed by atoms with Gasteiger partial charge in [0.25, 0.3) is 0 Å². The van der Waals surface area contributed by atoms with Gasteiger partial charge in [-0.25, -0.2) is 0 Å². The lowest BCUT2D eigenvalue weighted by Crippen LogP contribution is -1.95. The van der Waals surface area contributed by atoms with E-state index in [1.807, 2.05) is 24.3 Å². The molecule has 1 aromatic carbocycles. The van der Waals surface area contributed by atoms with Crippen molar-refractivity contribution < 1.29 is 9.47 Å². The molecule has 1 unspecified atom stereocenters. The Kier molecular flexibility index (Phi) is 5.01. The van der Waals surface area contributed by atoms with Crippen LogP contribution in [0, 0.1) is 0 Å². The number of hydrogen-bond donors (Lipinski definition) is 0. The fourth-order valence-corrected chi connectivity index (χ4v) is 4.12. The van der Waals surface area contributed by atoms with Crippen molar-refractivity contribution in [1.82, 2.24) is 0 Å². The summed E-state index contributed by atoms with van der Waals surface area (Å²) >= 11 is 17.1. The Morgan fingerprint density at radius 2 is 1.63 bits per heavy atom. The molecule has 2 aromatic rings. The third-order valence-electron chi connectivity index (χ3n) is 2.62. The van der Waals surface area contributed by atoms with E-state index in [9.17, 15) is 0 Å². The molecule has 0 bridgehead atoms.